The highest BCUT2D eigenvalue weighted by molar-refractivity contribution is 7.07. The minimum Gasteiger partial charge on any atom is -0.463 e. The SMILES string of the molecule is CCOC(=O)C1=C(C)N=c2s/c(=C\c3cn(Cc4ccccc4Cl)c4ccccc34)c(=O)n2C1c1ccccc1. The van der Waals surface area contributed by atoms with Gasteiger partial charge in [-0.25, -0.2) is 9.79 Å². The lowest BCUT2D eigenvalue weighted by Crippen LogP contribution is -2.39. The van der Waals surface area contributed by atoms with Crippen LogP contribution in [0.5, 0.6) is 0 Å². The summed E-state index contributed by atoms with van der Waals surface area (Å²) in [6, 6.07) is 24.8. The van der Waals surface area contributed by atoms with Crippen LogP contribution in [0.15, 0.2) is 106 Å². The monoisotopic (exact) mass is 567 g/mol. The van der Waals surface area contributed by atoms with Crippen molar-refractivity contribution >= 4 is 45.9 Å². The molecule has 0 aliphatic carbocycles. The first-order valence-electron chi connectivity index (χ1n) is 13.0. The third-order valence-electron chi connectivity index (χ3n) is 7.04. The lowest BCUT2D eigenvalue weighted by molar-refractivity contribution is -0.139. The molecule has 0 radical (unpaired) electrons. The lowest BCUT2D eigenvalue weighted by atomic mass is 9.96. The highest BCUT2D eigenvalue weighted by Crippen LogP contribution is 2.31. The Morgan fingerprint density at radius 1 is 1.05 bits per heavy atom. The number of carbonyl (C=O) groups excluding carboxylic acids is 1. The molecule has 0 saturated heterocycles. The van der Waals surface area contributed by atoms with Crippen molar-refractivity contribution < 1.29 is 9.53 Å². The molecule has 0 amide bonds. The van der Waals surface area contributed by atoms with Gasteiger partial charge in [0.1, 0.15) is 0 Å². The van der Waals surface area contributed by atoms with Gasteiger partial charge in [0, 0.05) is 34.2 Å². The van der Waals surface area contributed by atoms with E-state index in [9.17, 15) is 9.59 Å². The molecule has 1 unspecified atom stereocenters. The molecule has 1 aliphatic heterocycles. The van der Waals surface area contributed by atoms with Crippen molar-refractivity contribution in [1.82, 2.24) is 9.13 Å². The van der Waals surface area contributed by atoms with E-state index >= 15 is 0 Å². The summed E-state index contributed by atoms with van der Waals surface area (Å²) in [6.45, 7) is 4.40. The summed E-state index contributed by atoms with van der Waals surface area (Å²) in [6.07, 6.45) is 3.97. The summed E-state index contributed by atoms with van der Waals surface area (Å²) < 4.78 is 9.69. The van der Waals surface area contributed by atoms with Gasteiger partial charge in [0.2, 0.25) is 0 Å². The fourth-order valence-corrected chi connectivity index (χ4v) is 6.45. The first kappa shape index (κ1) is 26.0. The Balaban J connectivity index is 1.52. The van der Waals surface area contributed by atoms with Crippen LogP contribution in [-0.4, -0.2) is 21.7 Å². The number of hydrogen-bond acceptors (Lipinski definition) is 5. The van der Waals surface area contributed by atoms with Gasteiger partial charge in [-0.05, 0) is 43.2 Å². The van der Waals surface area contributed by atoms with Crippen LogP contribution in [0.1, 0.15) is 36.6 Å². The van der Waals surface area contributed by atoms with Crippen LogP contribution in [0, 0.1) is 0 Å². The van der Waals surface area contributed by atoms with E-state index in [0.29, 0.717) is 32.2 Å². The number of fused-ring (bicyclic) bond motifs is 2. The topological polar surface area (TPSA) is 65.6 Å². The summed E-state index contributed by atoms with van der Waals surface area (Å²) >= 11 is 7.78. The van der Waals surface area contributed by atoms with Crippen LogP contribution in [0.4, 0.5) is 0 Å². The molecule has 6 rings (SSSR count). The second kappa shape index (κ2) is 10.8. The molecule has 0 bridgehead atoms. The molecule has 3 aromatic carbocycles. The van der Waals surface area contributed by atoms with E-state index in [1.54, 1.807) is 18.4 Å². The average molecular weight is 568 g/mol. The van der Waals surface area contributed by atoms with Crippen LogP contribution in [0.2, 0.25) is 5.02 Å². The van der Waals surface area contributed by atoms with E-state index in [1.807, 2.05) is 72.8 Å². The molecule has 1 aliphatic rings. The van der Waals surface area contributed by atoms with Crippen LogP contribution in [0.3, 0.4) is 0 Å². The summed E-state index contributed by atoms with van der Waals surface area (Å²) in [7, 11) is 0. The molecule has 6 nitrogen and oxygen atoms in total. The van der Waals surface area contributed by atoms with E-state index < -0.39 is 12.0 Å². The summed E-state index contributed by atoms with van der Waals surface area (Å²) in [5.41, 5.74) is 4.54. The highest BCUT2D eigenvalue weighted by Gasteiger charge is 2.33. The number of ether oxygens (including phenoxy) is 1. The van der Waals surface area contributed by atoms with E-state index in [2.05, 4.69) is 27.9 Å². The fourth-order valence-electron chi connectivity index (χ4n) is 5.21. The number of esters is 1. The zero-order chi connectivity index (χ0) is 27.8. The zero-order valence-corrected chi connectivity index (χ0v) is 23.6. The first-order chi connectivity index (χ1) is 19.5. The molecule has 5 aromatic rings. The number of benzene rings is 3. The number of hydrogen-bond donors (Lipinski definition) is 0. The number of nitrogens with zero attached hydrogens (tertiary/aromatic N) is 3. The second-order valence-electron chi connectivity index (χ2n) is 9.53. The van der Waals surface area contributed by atoms with Crippen molar-refractivity contribution in [3.63, 3.8) is 0 Å². The van der Waals surface area contributed by atoms with Gasteiger partial charge in [0.05, 0.1) is 28.5 Å². The van der Waals surface area contributed by atoms with Crippen LogP contribution >= 0.6 is 22.9 Å². The third kappa shape index (κ3) is 4.61. The Hall–Kier alpha value is -4.20. The smallest absolute Gasteiger partial charge is 0.338 e. The molecular formula is C32H26ClN3O3S. The Morgan fingerprint density at radius 3 is 2.55 bits per heavy atom. The van der Waals surface area contributed by atoms with Crippen molar-refractivity contribution in [1.29, 1.82) is 0 Å². The van der Waals surface area contributed by atoms with Gasteiger partial charge < -0.3 is 9.30 Å². The lowest BCUT2D eigenvalue weighted by Gasteiger charge is -2.24. The van der Waals surface area contributed by atoms with E-state index in [-0.39, 0.29) is 12.2 Å². The number of para-hydroxylation sites is 1. The minimum atomic E-state index is -0.625. The van der Waals surface area contributed by atoms with Crippen molar-refractivity contribution in [2.24, 2.45) is 4.99 Å². The number of rotatable bonds is 6. The van der Waals surface area contributed by atoms with E-state index in [4.69, 9.17) is 16.3 Å². The second-order valence-corrected chi connectivity index (χ2v) is 11.0. The Bertz CT molecular complexity index is 1970. The molecule has 2 aromatic heterocycles. The Kier molecular flexibility index (Phi) is 7.00. The Morgan fingerprint density at radius 2 is 1.77 bits per heavy atom. The van der Waals surface area contributed by atoms with Gasteiger partial charge in [0.15, 0.2) is 4.80 Å². The van der Waals surface area contributed by atoms with Gasteiger partial charge >= 0.3 is 5.97 Å². The third-order valence-corrected chi connectivity index (χ3v) is 8.39. The van der Waals surface area contributed by atoms with Gasteiger partial charge in [-0.15, -0.1) is 0 Å². The predicted molar refractivity (Wildman–Crippen MR) is 159 cm³/mol. The van der Waals surface area contributed by atoms with Gasteiger partial charge in [0.25, 0.3) is 5.56 Å². The molecule has 1 atom stereocenters. The van der Waals surface area contributed by atoms with Crippen molar-refractivity contribution in [2.45, 2.75) is 26.4 Å². The van der Waals surface area contributed by atoms with Gasteiger partial charge in [-0.1, -0.05) is 89.7 Å². The fraction of sp³-hybridized carbons (Fsp3) is 0.156. The molecule has 200 valence electrons. The molecular weight excluding hydrogens is 542 g/mol. The standard InChI is InChI=1S/C32H26ClN3O3S/c1-3-39-31(38)28-20(2)34-32-36(29(28)21-11-5-4-6-12-21)30(37)27(40-32)17-23-19-35(26-16-10-8-14-24(23)26)18-22-13-7-9-15-25(22)33/h4-17,19,29H,3,18H2,1-2H3/b27-17-. The summed E-state index contributed by atoms with van der Waals surface area (Å²) in [5, 5.41) is 1.74. The highest BCUT2D eigenvalue weighted by atomic mass is 35.5. The molecule has 0 N–H and O–H groups in total. The summed E-state index contributed by atoms with van der Waals surface area (Å²) in [5.74, 6) is -0.463. The maximum absolute atomic E-state index is 14.0. The molecule has 0 saturated carbocycles. The Labute approximate surface area is 239 Å². The quantitative estimate of drug-likeness (QED) is 0.256. The number of allylic oxidation sites excluding steroid dienone is 1. The predicted octanol–water partition coefficient (Wildman–Crippen LogP) is 5.45. The van der Waals surface area contributed by atoms with Gasteiger partial charge in [-0.2, -0.15) is 0 Å². The van der Waals surface area contributed by atoms with Crippen LogP contribution in [-0.2, 0) is 16.1 Å². The largest absolute Gasteiger partial charge is 0.463 e. The molecule has 3 heterocycles. The zero-order valence-electron chi connectivity index (χ0n) is 22.0. The maximum atomic E-state index is 14.0. The molecule has 40 heavy (non-hydrogen) atoms. The van der Waals surface area contributed by atoms with Crippen LogP contribution in [0.25, 0.3) is 17.0 Å². The number of thiazole rings is 1. The summed E-state index contributed by atoms with van der Waals surface area (Å²) in [4.78, 5) is 32.3. The van der Waals surface area contributed by atoms with Crippen LogP contribution < -0.4 is 14.9 Å². The number of aromatic nitrogens is 2. The average Bonchev–Trinajstić information content (AvgIpc) is 3.46. The number of halogens is 1. The molecule has 0 spiro atoms. The number of carbonyl (C=O) groups is 1. The molecule has 8 heteroatoms. The van der Waals surface area contributed by atoms with Crippen molar-refractivity contribution in [3.05, 3.63) is 138 Å². The van der Waals surface area contributed by atoms with E-state index in [0.717, 1.165) is 27.6 Å². The molecule has 0 fully saturated rings. The minimum absolute atomic E-state index is 0.199. The van der Waals surface area contributed by atoms with Crippen molar-refractivity contribution in [3.8, 4) is 0 Å². The first-order valence-corrected chi connectivity index (χ1v) is 14.2. The van der Waals surface area contributed by atoms with Gasteiger partial charge in [-0.3, -0.25) is 9.36 Å². The normalized spacial score (nSPS) is 15.3. The van der Waals surface area contributed by atoms with E-state index in [1.165, 1.54) is 11.3 Å². The maximum Gasteiger partial charge on any atom is 0.338 e. The van der Waals surface area contributed by atoms with Crippen molar-refractivity contribution in [2.75, 3.05) is 6.61 Å².